The Bertz CT molecular complexity index is 1050. The molecule has 0 fully saturated rings. The fourth-order valence-corrected chi connectivity index (χ4v) is 3.50. The van der Waals surface area contributed by atoms with E-state index < -0.39 is 40.2 Å². The molecule has 0 aliphatic heterocycles. The normalized spacial score (nSPS) is 13.5. The zero-order valence-corrected chi connectivity index (χ0v) is 17.5. The van der Waals surface area contributed by atoms with Crippen molar-refractivity contribution in [3.8, 4) is 11.5 Å². The molecular formula is C19H16F6N4OS. The zero-order valence-electron chi connectivity index (χ0n) is 16.7. The maximum Gasteiger partial charge on any atom is 0.416 e. The summed E-state index contributed by atoms with van der Waals surface area (Å²) in [6, 6.07) is 1.12. The van der Waals surface area contributed by atoms with Gasteiger partial charge in [-0.1, -0.05) is 16.9 Å². The highest BCUT2D eigenvalue weighted by atomic mass is 32.2. The number of halogens is 6. The van der Waals surface area contributed by atoms with Crippen molar-refractivity contribution in [1.82, 2.24) is 20.1 Å². The molecule has 1 atom stereocenters. The van der Waals surface area contributed by atoms with Crippen LogP contribution in [0.1, 0.15) is 46.1 Å². The van der Waals surface area contributed by atoms with Gasteiger partial charge in [0.15, 0.2) is 11.0 Å². The molecule has 0 bridgehead atoms. The quantitative estimate of drug-likeness (QED) is 0.256. The molecule has 2 aromatic heterocycles. The van der Waals surface area contributed by atoms with Gasteiger partial charge in [0.05, 0.1) is 16.4 Å². The van der Waals surface area contributed by atoms with Crippen LogP contribution in [-0.4, -0.2) is 20.1 Å². The van der Waals surface area contributed by atoms with Crippen LogP contribution in [0.25, 0.3) is 11.5 Å². The van der Waals surface area contributed by atoms with Gasteiger partial charge in [-0.2, -0.15) is 31.3 Å². The van der Waals surface area contributed by atoms with Gasteiger partial charge in [-0.3, -0.25) is 0 Å². The predicted molar refractivity (Wildman–Crippen MR) is 100 cm³/mol. The third kappa shape index (κ3) is 5.17. The van der Waals surface area contributed by atoms with E-state index in [0.717, 1.165) is 17.0 Å². The monoisotopic (exact) mass is 462 g/mol. The Morgan fingerprint density at radius 1 is 0.839 bits per heavy atom. The van der Waals surface area contributed by atoms with E-state index in [1.54, 1.807) is 6.92 Å². The molecule has 3 rings (SSSR count). The van der Waals surface area contributed by atoms with Crippen LogP contribution in [0.15, 0.2) is 27.9 Å². The number of hydrogen-bond donors (Lipinski definition) is 0. The largest absolute Gasteiger partial charge is 0.416 e. The van der Waals surface area contributed by atoms with Gasteiger partial charge in [-0.05, 0) is 51.5 Å². The smallest absolute Gasteiger partial charge is 0.334 e. The van der Waals surface area contributed by atoms with Crippen LogP contribution in [0.3, 0.4) is 0 Å². The van der Waals surface area contributed by atoms with Gasteiger partial charge in [0.1, 0.15) is 0 Å². The van der Waals surface area contributed by atoms with Crippen molar-refractivity contribution in [2.24, 2.45) is 0 Å². The van der Waals surface area contributed by atoms with Crippen molar-refractivity contribution in [2.45, 2.75) is 50.5 Å². The van der Waals surface area contributed by atoms with E-state index in [1.807, 2.05) is 20.8 Å². The average molecular weight is 462 g/mol. The molecule has 12 heteroatoms. The molecule has 0 N–H and O–H groups in total. The van der Waals surface area contributed by atoms with E-state index in [2.05, 4.69) is 20.1 Å². The van der Waals surface area contributed by atoms with Crippen LogP contribution in [0.4, 0.5) is 26.3 Å². The molecule has 0 amide bonds. The van der Waals surface area contributed by atoms with Crippen LogP contribution in [-0.2, 0) is 12.4 Å². The molecule has 3 aromatic rings. The molecule has 5 nitrogen and oxygen atoms in total. The Kier molecular flexibility index (Phi) is 6.05. The molecule has 0 aliphatic rings. The average Bonchev–Trinajstić information content (AvgIpc) is 3.14. The van der Waals surface area contributed by atoms with E-state index in [-0.39, 0.29) is 11.9 Å². The van der Waals surface area contributed by atoms with Crippen molar-refractivity contribution in [3.05, 3.63) is 52.1 Å². The minimum Gasteiger partial charge on any atom is -0.334 e. The van der Waals surface area contributed by atoms with Crippen molar-refractivity contribution in [1.29, 1.82) is 0 Å². The Balaban J connectivity index is 1.93. The Hall–Kier alpha value is -2.63. The number of thioether (sulfide) groups is 1. The van der Waals surface area contributed by atoms with Gasteiger partial charge in [0.25, 0.3) is 5.89 Å². The van der Waals surface area contributed by atoms with Crippen LogP contribution in [0, 0.1) is 20.8 Å². The molecule has 31 heavy (non-hydrogen) atoms. The van der Waals surface area contributed by atoms with Gasteiger partial charge in [-0.25, -0.2) is 9.97 Å². The van der Waals surface area contributed by atoms with Crippen LogP contribution < -0.4 is 0 Å². The van der Waals surface area contributed by atoms with E-state index >= 15 is 0 Å². The Labute approximate surface area is 177 Å². The topological polar surface area (TPSA) is 64.7 Å². The van der Waals surface area contributed by atoms with Gasteiger partial charge in [0, 0.05) is 17.0 Å². The molecule has 166 valence electrons. The second kappa shape index (κ2) is 8.13. The first-order valence-electron chi connectivity index (χ1n) is 8.87. The highest BCUT2D eigenvalue weighted by Crippen LogP contribution is 2.39. The number of aryl methyl sites for hydroxylation is 2. The zero-order chi connectivity index (χ0) is 23.1. The summed E-state index contributed by atoms with van der Waals surface area (Å²) in [6.45, 7) is 7.24. The summed E-state index contributed by atoms with van der Waals surface area (Å²) in [4.78, 5) is 12.7. The lowest BCUT2D eigenvalue weighted by molar-refractivity contribution is -0.143. The Morgan fingerprint density at radius 2 is 1.35 bits per heavy atom. The van der Waals surface area contributed by atoms with E-state index in [9.17, 15) is 26.3 Å². The number of rotatable bonds is 4. The summed E-state index contributed by atoms with van der Waals surface area (Å²) < 4.78 is 83.4. The lowest BCUT2D eigenvalue weighted by atomic mass is 10.0. The van der Waals surface area contributed by atoms with E-state index in [4.69, 9.17) is 4.52 Å². The predicted octanol–water partition coefficient (Wildman–Crippen LogP) is 6.34. The Morgan fingerprint density at radius 3 is 1.84 bits per heavy atom. The molecule has 0 spiro atoms. The van der Waals surface area contributed by atoms with E-state index in [1.165, 1.54) is 11.8 Å². The second-order valence-corrected chi connectivity index (χ2v) is 8.12. The summed E-state index contributed by atoms with van der Waals surface area (Å²) in [5, 5.41) is 3.69. The van der Waals surface area contributed by atoms with Crippen LogP contribution >= 0.6 is 11.8 Å². The molecule has 1 unspecified atom stereocenters. The summed E-state index contributed by atoms with van der Waals surface area (Å²) in [7, 11) is 0. The van der Waals surface area contributed by atoms with Crippen LogP contribution in [0.5, 0.6) is 0 Å². The van der Waals surface area contributed by atoms with Gasteiger partial charge in [0.2, 0.25) is 0 Å². The van der Waals surface area contributed by atoms with Crippen molar-refractivity contribution >= 4 is 11.8 Å². The standard InChI is InChI=1S/C19H16F6N4OS/c1-8-9(2)26-17(27-10(8)3)31-11(4)15-28-16(30-29-15)12-5-13(18(20,21)22)7-14(6-12)19(23,24)25/h5-7,11H,1-4H3. The number of alkyl halides is 6. The first-order chi connectivity index (χ1) is 14.3. The maximum atomic E-state index is 13.1. The SMILES string of the molecule is Cc1nc(SC(C)c2noc(-c3cc(C(F)(F)F)cc(C(F)(F)F)c3)n2)nc(C)c1C. The van der Waals surface area contributed by atoms with E-state index in [0.29, 0.717) is 17.3 Å². The second-order valence-electron chi connectivity index (χ2n) is 6.81. The number of nitrogens with zero attached hydrogens (tertiary/aromatic N) is 4. The summed E-state index contributed by atoms with van der Waals surface area (Å²) in [6.07, 6.45) is -9.94. The third-order valence-electron chi connectivity index (χ3n) is 4.53. The molecule has 0 aliphatic carbocycles. The number of aromatic nitrogens is 4. The lowest BCUT2D eigenvalue weighted by Gasteiger charge is -2.12. The van der Waals surface area contributed by atoms with Crippen LogP contribution in [0.2, 0.25) is 0 Å². The van der Waals surface area contributed by atoms with Gasteiger partial charge < -0.3 is 4.52 Å². The first-order valence-corrected chi connectivity index (χ1v) is 9.75. The maximum absolute atomic E-state index is 13.1. The third-order valence-corrected chi connectivity index (χ3v) is 5.49. The van der Waals surface area contributed by atoms with Crippen molar-refractivity contribution < 1.29 is 30.9 Å². The minimum atomic E-state index is -4.97. The van der Waals surface area contributed by atoms with Gasteiger partial charge >= 0.3 is 12.4 Å². The van der Waals surface area contributed by atoms with Gasteiger partial charge in [-0.15, -0.1) is 0 Å². The summed E-state index contributed by atoms with van der Waals surface area (Å²) in [5.41, 5.74) is -0.864. The minimum absolute atomic E-state index is 0.0403. The number of benzene rings is 1. The van der Waals surface area contributed by atoms with Crippen molar-refractivity contribution in [2.75, 3.05) is 0 Å². The molecule has 0 radical (unpaired) electrons. The first kappa shape index (κ1) is 23.0. The number of hydrogen-bond acceptors (Lipinski definition) is 6. The lowest BCUT2D eigenvalue weighted by Crippen LogP contribution is -2.11. The summed E-state index contributed by atoms with van der Waals surface area (Å²) >= 11 is 1.19. The molecule has 0 saturated carbocycles. The molecule has 2 heterocycles. The fraction of sp³-hybridized carbons (Fsp3) is 0.368. The summed E-state index contributed by atoms with van der Waals surface area (Å²) in [5.74, 6) is -0.360. The highest BCUT2D eigenvalue weighted by molar-refractivity contribution is 7.99. The molecular weight excluding hydrogens is 446 g/mol. The highest BCUT2D eigenvalue weighted by Gasteiger charge is 2.37. The fourth-order valence-electron chi connectivity index (χ4n) is 2.60. The molecule has 0 saturated heterocycles. The molecule has 1 aromatic carbocycles. The van der Waals surface area contributed by atoms with Crippen molar-refractivity contribution in [3.63, 3.8) is 0 Å².